The molecule has 0 bridgehead atoms. The number of esters is 1. The monoisotopic (exact) mass is 776 g/mol. The molecule has 0 heterocycles. The van der Waals surface area contributed by atoms with E-state index in [1.165, 1.54) is 60.8 Å². The Morgan fingerprint density at radius 1 is 0.589 bits per heavy atom. The van der Waals surface area contributed by atoms with Crippen molar-refractivity contribution in [1.82, 2.24) is 31.9 Å². The molecule has 1 atom stereocenters. The van der Waals surface area contributed by atoms with E-state index in [1.807, 2.05) is 0 Å². The first kappa shape index (κ1) is 46.2. The van der Waals surface area contributed by atoms with Crippen LogP contribution in [0.2, 0.25) is 0 Å². The van der Waals surface area contributed by atoms with Crippen LogP contribution in [0.25, 0.3) is 12.2 Å². The lowest BCUT2D eigenvalue weighted by Crippen LogP contribution is -2.61. The lowest BCUT2D eigenvalue weighted by Gasteiger charge is -2.31. The van der Waals surface area contributed by atoms with Gasteiger partial charge in [0.2, 0.25) is 17.7 Å². The molecule has 304 valence electrons. The van der Waals surface area contributed by atoms with Gasteiger partial charge in [-0.2, -0.15) is 0 Å². The molecule has 0 aromatic heterocycles. The van der Waals surface area contributed by atoms with E-state index >= 15 is 0 Å². The number of carbonyl (C=O) groups is 7. The summed E-state index contributed by atoms with van der Waals surface area (Å²) in [6.07, 6.45) is 1.99. The second-order valence-electron chi connectivity index (χ2n) is 16.0. The predicted octanol–water partition coefficient (Wildman–Crippen LogP) is 3.71. The summed E-state index contributed by atoms with van der Waals surface area (Å²) < 4.78 is 10.1. The lowest BCUT2D eigenvalue weighted by atomic mass is 9.99. The summed E-state index contributed by atoms with van der Waals surface area (Å²) in [5, 5.41) is 15.5. The van der Waals surface area contributed by atoms with Crippen LogP contribution >= 0.6 is 0 Å². The second kappa shape index (κ2) is 19.0. The molecule has 2 aromatic rings. The molecule has 0 saturated heterocycles. The van der Waals surface area contributed by atoms with Gasteiger partial charge in [-0.1, -0.05) is 74.5 Å². The number of rotatable bonds is 15. The highest BCUT2D eigenvalue weighted by Crippen LogP contribution is 2.15. The van der Waals surface area contributed by atoms with E-state index in [2.05, 4.69) is 31.9 Å². The molecule has 15 heteroatoms. The average Bonchev–Trinajstić information content (AvgIpc) is 3.08. The lowest BCUT2D eigenvalue weighted by molar-refractivity contribution is -0.149. The van der Waals surface area contributed by atoms with Crippen molar-refractivity contribution in [3.05, 3.63) is 83.2 Å². The number of carbonyl (C=O) groups excluding carboxylic acids is 7. The minimum Gasteiger partial charge on any atom is -0.467 e. The van der Waals surface area contributed by atoms with Crippen LogP contribution in [0.15, 0.2) is 72.1 Å². The van der Waals surface area contributed by atoms with E-state index in [0.29, 0.717) is 11.1 Å². The Hall–Kier alpha value is -5.99. The van der Waals surface area contributed by atoms with Gasteiger partial charge in [0.25, 0.3) is 11.8 Å². The van der Waals surface area contributed by atoms with Crippen molar-refractivity contribution in [2.45, 2.75) is 104 Å². The standard InChI is InChI=1S/C41H56N6O9/c1-25(2)30(44-37(54)56-38(3,4)5)33(50)47-40(8,9)35(52)42-28(23-26-19-15-13-16-20-26)31(48)45-39(6,7)34(51)43-29(24-27-21-17-14-18-22-27)32(49)46-41(10,11)36(53)55-12/h13-25,30H,1-12H3,(H,42,52)(H,43,51)(H,44,54)(H,45,48)(H,46,49)(H,47,50)/b28-23+,29-24+/t30-/m0/s1. The Morgan fingerprint density at radius 2 is 0.982 bits per heavy atom. The normalized spacial score (nSPS) is 13.1. The van der Waals surface area contributed by atoms with Crippen LogP contribution in [-0.2, 0) is 38.2 Å². The molecule has 0 spiro atoms. The van der Waals surface area contributed by atoms with Crippen molar-refractivity contribution in [2.75, 3.05) is 7.11 Å². The Bertz CT molecular complexity index is 1830. The van der Waals surface area contributed by atoms with E-state index in [0.717, 1.165) is 0 Å². The molecule has 56 heavy (non-hydrogen) atoms. The molecule has 6 N–H and O–H groups in total. The molecule has 6 amide bonds. The molecule has 0 aliphatic rings. The van der Waals surface area contributed by atoms with Gasteiger partial charge in [-0.15, -0.1) is 0 Å². The quantitative estimate of drug-likeness (QED) is 0.115. The molecule has 0 aliphatic carbocycles. The Kier molecular flexibility index (Phi) is 15.7. The minimum absolute atomic E-state index is 0.229. The highest BCUT2D eigenvalue weighted by Gasteiger charge is 2.38. The molecule has 2 rings (SSSR count). The summed E-state index contributed by atoms with van der Waals surface area (Å²) in [5.41, 5.74) is -5.00. The largest absolute Gasteiger partial charge is 0.467 e. The van der Waals surface area contributed by atoms with Crippen molar-refractivity contribution in [3.8, 4) is 0 Å². The first-order chi connectivity index (χ1) is 25.8. The molecule has 0 aliphatic heterocycles. The number of hydrogen-bond acceptors (Lipinski definition) is 9. The number of methoxy groups -OCH3 is 1. The van der Waals surface area contributed by atoms with Gasteiger partial charge in [-0.05, 0) is 91.5 Å². The first-order valence-electron chi connectivity index (χ1n) is 18.0. The maximum atomic E-state index is 13.9. The number of benzene rings is 2. The van der Waals surface area contributed by atoms with Crippen molar-refractivity contribution >= 4 is 53.8 Å². The van der Waals surface area contributed by atoms with Crippen molar-refractivity contribution in [1.29, 1.82) is 0 Å². The molecule has 15 nitrogen and oxygen atoms in total. The number of hydrogen-bond donors (Lipinski definition) is 6. The zero-order chi connectivity index (χ0) is 42.6. The summed E-state index contributed by atoms with van der Waals surface area (Å²) in [4.78, 5) is 93.1. The van der Waals surface area contributed by atoms with Gasteiger partial charge in [0, 0.05) is 0 Å². The van der Waals surface area contributed by atoms with Gasteiger partial charge in [-0.25, -0.2) is 9.59 Å². The smallest absolute Gasteiger partial charge is 0.408 e. The van der Waals surface area contributed by atoms with Crippen LogP contribution in [0.5, 0.6) is 0 Å². The van der Waals surface area contributed by atoms with Crippen LogP contribution in [0.1, 0.15) is 87.3 Å². The molecule has 0 saturated carbocycles. The summed E-state index contributed by atoms with van der Waals surface area (Å²) in [6.45, 7) is 17.0. The Balaban J connectivity index is 2.38. The van der Waals surface area contributed by atoms with Crippen molar-refractivity contribution in [2.24, 2.45) is 5.92 Å². The summed E-state index contributed by atoms with van der Waals surface area (Å²) in [5.74, 6) is -5.05. The highest BCUT2D eigenvalue weighted by molar-refractivity contribution is 6.08. The fourth-order valence-corrected chi connectivity index (χ4v) is 4.78. The molecule has 0 unspecified atom stereocenters. The van der Waals surface area contributed by atoms with Crippen molar-refractivity contribution < 1.29 is 43.0 Å². The SMILES string of the molecule is COC(=O)C(C)(C)NC(=O)/C(=C\c1ccccc1)NC(=O)C(C)(C)NC(=O)/C(=C\c1ccccc1)NC(=O)C(C)(C)NC(=O)[C@@H](NC(=O)OC(C)(C)C)C(C)C. The maximum Gasteiger partial charge on any atom is 0.408 e. The van der Waals surface area contributed by atoms with Crippen LogP contribution in [0, 0.1) is 5.92 Å². The van der Waals surface area contributed by atoms with Gasteiger partial charge < -0.3 is 41.4 Å². The van der Waals surface area contributed by atoms with Crippen molar-refractivity contribution in [3.63, 3.8) is 0 Å². The minimum atomic E-state index is -1.70. The summed E-state index contributed by atoms with van der Waals surface area (Å²) in [6, 6.07) is 16.2. The molecule has 2 aromatic carbocycles. The van der Waals surface area contributed by atoms with Gasteiger partial charge in [-0.3, -0.25) is 24.0 Å². The number of alkyl carbamates (subject to hydrolysis) is 1. The van der Waals surface area contributed by atoms with Gasteiger partial charge in [0.1, 0.15) is 39.7 Å². The highest BCUT2D eigenvalue weighted by atomic mass is 16.6. The molecule has 0 radical (unpaired) electrons. The molecular weight excluding hydrogens is 720 g/mol. The van der Waals surface area contributed by atoms with E-state index < -0.39 is 69.9 Å². The van der Waals surface area contributed by atoms with Crippen LogP contribution < -0.4 is 31.9 Å². The zero-order valence-corrected chi connectivity index (χ0v) is 34.3. The van der Waals surface area contributed by atoms with Crippen LogP contribution in [0.3, 0.4) is 0 Å². The fraction of sp³-hybridized carbons (Fsp3) is 0.439. The molecular formula is C41H56N6O9. The van der Waals surface area contributed by atoms with E-state index in [9.17, 15) is 33.6 Å². The third-order valence-corrected chi connectivity index (χ3v) is 7.95. The van der Waals surface area contributed by atoms with Crippen LogP contribution in [-0.4, -0.2) is 77.0 Å². The third-order valence-electron chi connectivity index (χ3n) is 7.95. The van der Waals surface area contributed by atoms with E-state index in [4.69, 9.17) is 9.47 Å². The van der Waals surface area contributed by atoms with Gasteiger partial charge >= 0.3 is 12.1 Å². The number of nitrogens with one attached hydrogen (secondary N) is 6. The average molecular weight is 777 g/mol. The van der Waals surface area contributed by atoms with E-state index in [-0.39, 0.29) is 17.3 Å². The third kappa shape index (κ3) is 14.3. The molecule has 0 fully saturated rings. The summed E-state index contributed by atoms with van der Waals surface area (Å²) in [7, 11) is 1.18. The Labute approximate surface area is 328 Å². The fourth-order valence-electron chi connectivity index (χ4n) is 4.78. The predicted molar refractivity (Wildman–Crippen MR) is 212 cm³/mol. The summed E-state index contributed by atoms with van der Waals surface area (Å²) >= 11 is 0. The topological polar surface area (TPSA) is 210 Å². The Morgan fingerprint density at radius 3 is 1.36 bits per heavy atom. The van der Waals surface area contributed by atoms with E-state index in [1.54, 1.807) is 95.3 Å². The zero-order valence-electron chi connectivity index (χ0n) is 34.3. The number of ether oxygens (including phenoxy) is 2. The first-order valence-corrected chi connectivity index (χ1v) is 18.0. The number of amides is 6. The van der Waals surface area contributed by atoms with Gasteiger partial charge in [0.15, 0.2) is 0 Å². The maximum absolute atomic E-state index is 13.9. The van der Waals surface area contributed by atoms with Gasteiger partial charge in [0.05, 0.1) is 7.11 Å². The second-order valence-corrected chi connectivity index (χ2v) is 16.0. The van der Waals surface area contributed by atoms with Crippen LogP contribution in [0.4, 0.5) is 4.79 Å².